The number of hydrogen-bond donors (Lipinski definition) is 3. The molecule has 0 unspecified atom stereocenters. The van der Waals surface area contributed by atoms with Gasteiger partial charge in [-0.05, 0) is 60.9 Å². The van der Waals surface area contributed by atoms with Crippen molar-refractivity contribution in [3.63, 3.8) is 0 Å². The molecule has 1 atom stereocenters. The van der Waals surface area contributed by atoms with Crippen LogP contribution in [0.4, 0.5) is 17.5 Å². The standard InChI is InChI=1S/C28H31ClN8OS/c1-16-26(35-25(32)27(34-16)39-20-8-11-33-24(31)22(20)29)37-12-9-28(10-13-37)15-18-6-4-17(14-19(18)23(28)30)5-7-21(38)36(2)3/h4,6,8,11,14,23H,9-10,12-13,15,30H2,1-3H3,(H2,31,33)(H2,32,35)/t23-/m1/s1. The Morgan fingerprint density at radius 3 is 2.64 bits per heavy atom. The first-order valence-electron chi connectivity index (χ1n) is 12.7. The number of nitrogens with two attached hydrogens (primary N) is 3. The van der Waals surface area contributed by atoms with Crippen molar-refractivity contribution in [1.29, 1.82) is 0 Å². The zero-order valence-corrected chi connectivity index (χ0v) is 23.7. The summed E-state index contributed by atoms with van der Waals surface area (Å²) in [7, 11) is 3.38. The van der Waals surface area contributed by atoms with Crippen LogP contribution in [0.3, 0.4) is 0 Å². The molecule has 5 rings (SSSR count). The number of nitrogen functional groups attached to an aromatic ring is 2. The summed E-state index contributed by atoms with van der Waals surface area (Å²) in [6, 6.07) is 7.82. The van der Waals surface area contributed by atoms with Crippen LogP contribution in [0.25, 0.3) is 0 Å². The van der Waals surface area contributed by atoms with Crippen LogP contribution < -0.4 is 22.1 Å². The number of benzene rings is 1. The van der Waals surface area contributed by atoms with Gasteiger partial charge in [-0.2, -0.15) is 0 Å². The molecular formula is C28H31ClN8OS. The van der Waals surface area contributed by atoms with E-state index in [9.17, 15) is 4.79 Å². The Balaban J connectivity index is 1.30. The molecule has 0 saturated carbocycles. The Hall–Kier alpha value is -3.52. The molecule has 0 bridgehead atoms. The number of carbonyl (C=O) groups excluding carboxylic acids is 1. The quantitative estimate of drug-likeness (QED) is 0.409. The van der Waals surface area contributed by atoms with Crippen LogP contribution in [0.1, 0.15) is 41.3 Å². The first-order chi connectivity index (χ1) is 18.6. The highest BCUT2D eigenvalue weighted by molar-refractivity contribution is 7.99. The number of amides is 1. The van der Waals surface area contributed by atoms with Gasteiger partial charge in [0.2, 0.25) is 0 Å². The van der Waals surface area contributed by atoms with E-state index < -0.39 is 0 Å². The lowest BCUT2D eigenvalue weighted by molar-refractivity contribution is -0.122. The molecule has 39 heavy (non-hydrogen) atoms. The van der Waals surface area contributed by atoms with Crippen molar-refractivity contribution in [3.05, 3.63) is 57.9 Å². The highest BCUT2D eigenvalue weighted by atomic mass is 35.5. The van der Waals surface area contributed by atoms with Crippen LogP contribution in [0, 0.1) is 24.2 Å². The maximum Gasteiger partial charge on any atom is 0.298 e. The summed E-state index contributed by atoms with van der Waals surface area (Å²) in [5.74, 6) is 6.84. The fraction of sp³-hybridized carbons (Fsp3) is 0.357. The SMILES string of the molecule is Cc1nc(Sc2ccnc(N)c2Cl)c(N)nc1N1CCC2(CC1)Cc1ccc(C#CC(=O)N(C)C)cc1[C@H]2N. The summed E-state index contributed by atoms with van der Waals surface area (Å²) in [6.45, 7) is 3.55. The molecule has 11 heteroatoms. The summed E-state index contributed by atoms with van der Waals surface area (Å²) in [6.07, 6.45) is 4.38. The molecular weight excluding hydrogens is 532 g/mol. The van der Waals surface area contributed by atoms with Crippen LogP contribution in [0.5, 0.6) is 0 Å². The molecule has 1 aromatic carbocycles. The summed E-state index contributed by atoms with van der Waals surface area (Å²) >= 11 is 7.63. The summed E-state index contributed by atoms with van der Waals surface area (Å²) in [4.78, 5) is 29.8. The van der Waals surface area contributed by atoms with Gasteiger partial charge in [-0.3, -0.25) is 4.79 Å². The second kappa shape index (κ2) is 10.6. The minimum atomic E-state index is -0.222. The number of aryl methyl sites for hydroxylation is 1. The average molecular weight is 563 g/mol. The van der Waals surface area contributed by atoms with Gasteiger partial charge in [0.15, 0.2) is 11.6 Å². The number of anilines is 3. The molecule has 1 amide bonds. The number of carbonyl (C=O) groups is 1. The molecule has 1 spiro atoms. The van der Waals surface area contributed by atoms with Gasteiger partial charge < -0.3 is 27.0 Å². The van der Waals surface area contributed by atoms with Crippen LogP contribution in [0.2, 0.25) is 5.02 Å². The largest absolute Gasteiger partial charge is 0.382 e. The molecule has 3 aromatic rings. The van der Waals surface area contributed by atoms with E-state index >= 15 is 0 Å². The Morgan fingerprint density at radius 1 is 1.18 bits per heavy atom. The maximum absolute atomic E-state index is 11.9. The normalized spacial score (nSPS) is 17.5. The lowest BCUT2D eigenvalue weighted by atomic mass is 9.73. The van der Waals surface area contributed by atoms with Crippen molar-refractivity contribution in [3.8, 4) is 11.8 Å². The summed E-state index contributed by atoms with van der Waals surface area (Å²) in [5.41, 5.74) is 23.0. The van der Waals surface area contributed by atoms with E-state index in [1.807, 2.05) is 19.1 Å². The molecule has 0 radical (unpaired) electrons. The van der Waals surface area contributed by atoms with E-state index in [4.69, 9.17) is 38.8 Å². The number of aromatic nitrogens is 3. The van der Waals surface area contributed by atoms with Gasteiger partial charge in [-0.25, -0.2) is 15.0 Å². The van der Waals surface area contributed by atoms with Crippen LogP contribution >= 0.6 is 23.4 Å². The fourth-order valence-corrected chi connectivity index (χ4v) is 6.42. The number of halogens is 1. The minimum absolute atomic E-state index is 0.0228. The number of fused-ring (bicyclic) bond motifs is 1. The molecule has 1 saturated heterocycles. The lowest BCUT2D eigenvalue weighted by Crippen LogP contribution is -2.45. The summed E-state index contributed by atoms with van der Waals surface area (Å²) < 4.78 is 0. The Morgan fingerprint density at radius 2 is 1.92 bits per heavy atom. The van der Waals surface area contributed by atoms with Gasteiger partial charge in [-0.1, -0.05) is 35.3 Å². The number of pyridine rings is 1. The second-order valence-electron chi connectivity index (χ2n) is 10.3. The van der Waals surface area contributed by atoms with Gasteiger partial charge in [0.25, 0.3) is 5.91 Å². The van der Waals surface area contributed by atoms with Crippen molar-refractivity contribution < 1.29 is 4.79 Å². The van der Waals surface area contributed by atoms with E-state index in [-0.39, 0.29) is 23.2 Å². The Labute approximate surface area is 237 Å². The second-order valence-corrected chi connectivity index (χ2v) is 11.7. The van der Waals surface area contributed by atoms with Gasteiger partial charge in [0.1, 0.15) is 10.8 Å². The molecule has 9 nitrogen and oxygen atoms in total. The molecule has 1 aliphatic heterocycles. The Bertz CT molecular complexity index is 1510. The van der Waals surface area contributed by atoms with Gasteiger partial charge >= 0.3 is 0 Å². The van der Waals surface area contributed by atoms with E-state index in [0.29, 0.717) is 15.9 Å². The van der Waals surface area contributed by atoms with Crippen molar-refractivity contribution in [1.82, 2.24) is 19.9 Å². The van der Waals surface area contributed by atoms with E-state index in [2.05, 4.69) is 27.8 Å². The number of hydrogen-bond acceptors (Lipinski definition) is 9. The van der Waals surface area contributed by atoms with Gasteiger partial charge in [-0.15, -0.1) is 0 Å². The number of nitrogens with zero attached hydrogens (tertiary/aromatic N) is 5. The molecule has 2 aliphatic rings. The zero-order chi connectivity index (χ0) is 27.9. The molecule has 2 aromatic heterocycles. The smallest absolute Gasteiger partial charge is 0.298 e. The first-order valence-corrected chi connectivity index (χ1v) is 13.9. The highest BCUT2D eigenvalue weighted by Crippen LogP contribution is 2.51. The third-order valence-corrected chi connectivity index (χ3v) is 9.15. The third kappa shape index (κ3) is 5.22. The predicted molar refractivity (Wildman–Crippen MR) is 155 cm³/mol. The van der Waals surface area contributed by atoms with Crippen molar-refractivity contribution in [2.45, 2.75) is 42.1 Å². The summed E-state index contributed by atoms with van der Waals surface area (Å²) in [5, 5.41) is 0.957. The molecule has 3 heterocycles. The molecule has 202 valence electrons. The zero-order valence-electron chi connectivity index (χ0n) is 22.2. The van der Waals surface area contributed by atoms with Crippen LogP contribution in [-0.4, -0.2) is 52.9 Å². The molecule has 1 aliphatic carbocycles. The van der Waals surface area contributed by atoms with Gasteiger partial charge in [0.05, 0.1) is 10.7 Å². The number of rotatable bonds is 3. The minimum Gasteiger partial charge on any atom is -0.382 e. The van der Waals surface area contributed by atoms with E-state index in [1.54, 1.807) is 26.4 Å². The van der Waals surface area contributed by atoms with Crippen LogP contribution in [0.15, 0.2) is 40.4 Å². The fourth-order valence-electron chi connectivity index (χ4n) is 5.33. The average Bonchev–Trinajstić information content (AvgIpc) is 3.18. The van der Waals surface area contributed by atoms with Crippen molar-refractivity contribution in [2.24, 2.45) is 11.1 Å². The highest BCUT2D eigenvalue weighted by Gasteiger charge is 2.46. The van der Waals surface area contributed by atoms with Gasteiger partial charge in [0, 0.05) is 55.8 Å². The van der Waals surface area contributed by atoms with Crippen molar-refractivity contribution in [2.75, 3.05) is 43.6 Å². The third-order valence-electron chi connectivity index (χ3n) is 7.59. The topological polar surface area (TPSA) is 140 Å². The number of piperidine rings is 1. The Kier molecular flexibility index (Phi) is 7.33. The van der Waals surface area contributed by atoms with Crippen molar-refractivity contribution >= 4 is 46.7 Å². The lowest BCUT2D eigenvalue weighted by Gasteiger charge is -2.42. The van der Waals surface area contributed by atoms with E-state index in [1.165, 1.54) is 22.2 Å². The van der Waals surface area contributed by atoms with Crippen LogP contribution in [-0.2, 0) is 11.2 Å². The monoisotopic (exact) mass is 562 g/mol. The molecule has 6 N–H and O–H groups in total. The predicted octanol–water partition coefficient (Wildman–Crippen LogP) is 3.43. The molecule has 1 fully saturated rings. The maximum atomic E-state index is 11.9. The van der Waals surface area contributed by atoms with E-state index in [0.717, 1.165) is 59.9 Å². The first kappa shape index (κ1) is 27.1.